The van der Waals surface area contributed by atoms with Crippen LogP contribution in [0.4, 0.5) is 11.4 Å². The number of aliphatic hydroxyl groups excluding tert-OH is 2. The van der Waals surface area contributed by atoms with Crippen molar-refractivity contribution in [3.8, 4) is 0 Å². The molecule has 0 saturated carbocycles. The quantitative estimate of drug-likeness (QED) is 0.638. The van der Waals surface area contributed by atoms with E-state index in [4.69, 9.17) is 11.1 Å². The normalized spacial score (nSPS) is 17.3. The van der Waals surface area contributed by atoms with E-state index in [0.29, 0.717) is 22.7 Å². The number of rotatable bonds is 4. The third-order valence-corrected chi connectivity index (χ3v) is 3.56. The molecule has 7 nitrogen and oxygen atoms in total. The molecule has 0 radical (unpaired) electrons. The first-order chi connectivity index (χ1) is 11.6. The minimum absolute atomic E-state index is 0.0909. The number of aliphatic imine (C=N–C) groups is 1. The van der Waals surface area contributed by atoms with E-state index >= 15 is 0 Å². The average molecular weight is 323 g/mol. The van der Waals surface area contributed by atoms with Crippen molar-refractivity contribution in [1.29, 1.82) is 5.41 Å². The SMILES string of the molecule is N=C1C(=Nc2ccc(C(N)O)cc2)C(CO)=NN1c1ccccc1. The molecule has 1 atom stereocenters. The van der Waals surface area contributed by atoms with Crippen molar-refractivity contribution >= 4 is 28.6 Å². The van der Waals surface area contributed by atoms with E-state index in [2.05, 4.69) is 10.1 Å². The van der Waals surface area contributed by atoms with Crippen molar-refractivity contribution in [2.24, 2.45) is 15.8 Å². The van der Waals surface area contributed by atoms with Gasteiger partial charge in [0.15, 0.2) is 5.84 Å². The molecule has 0 spiro atoms. The number of anilines is 1. The van der Waals surface area contributed by atoms with Gasteiger partial charge in [0.2, 0.25) is 0 Å². The second kappa shape index (κ2) is 6.71. The van der Waals surface area contributed by atoms with Crippen LogP contribution in [-0.2, 0) is 0 Å². The number of hydrogen-bond donors (Lipinski definition) is 4. The maximum atomic E-state index is 9.53. The van der Waals surface area contributed by atoms with Crippen LogP contribution in [0.25, 0.3) is 0 Å². The number of hydrogen-bond acceptors (Lipinski definition) is 6. The summed E-state index contributed by atoms with van der Waals surface area (Å²) in [7, 11) is 0. The van der Waals surface area contributed by atoms with E-state index in [0.717, 1.165) is 5.69 Å². The van der Waals surface area contributed by atoms with Crippen molar-refractivity contribution in [2.45, 2.75) is 6.23 Å². The Labute approximate surface area is 138 Å². The Bertz CT molecular complexity index is 797. The van der Waals surface area contributed by atoms with Gasteiger partial charge in [0.05, 0.1) is 18.0 Å². The molecule has 122 valence electrons. The third-order valence-electron chi connectivity index (χ3n) is 3.56. The molecule has 0 fully saturated rings. The minimum Gasteiger partial charge on any atom is -0.390 e. The van der Waals surface area contributed by atoms with Gasteiger partial charge in [0, 0.05) is 0 Å². The second-order valence-electron chi connectivity index (χ2n) is 5.20. The zero-order valence-electron chi connectivity index (χ0n) is 12.8. The van der Waals surface area contributed by atoms with E-state index < -0.39 is 6.23 Å². The van der Waals surface area contributed by atoms with E-state index in [1.54, 1.807) is 24.3 Å². The number of aliphatic hydroxyl groups is 2. The molecule has 2 aromatic rings. The lowest BCUT2D eigenvalue weighted by Crippen LogP contribution is -2.27. The molecule has 0 bridgehead atoms. The van der Waals surface area contributed by atoms with Crippen LogP contribution in [0.1, 0.15) is 11.8 Å². The molecule has 0 saturated heterocycles. The van der Waals surface area contributed by atoms with Crippen LogP contribution in [0.3, 0.4) is 0 Å². The van der Waals surface area contributed by atoms with Crippen LogP contribution in [0.5, 0.6) is 0 Å². The van der Waals surface area contributed by atoms with Crippen molar-refractivity contribution in [2.75, 3.05) is 11.6 Å². The van der Waals surface area contributed by atoms with Gasteiger partial charge in [0.25, 0.3) is 0 Å². The van der Waals surface area contributed by atoms with Gasteiger partial charge in [-0.05, 0) is 29.8 Å². The van der Waals surface area contributed by atoms with Crippen molar-refractivity contribution in [3.05, 3.63) is 60.2 Å². The van der Waals surface area contributed by atoms with Gasteiger partial charge in [-0.2, -0.15) is 5.10 Å². The highest BCUT2D eigenvalue weighted by molar-refractivity contribution is 6.72. The molecule has 0 amide bonds. The van der Waals surface area contributed by atoms with Gasteiger partial charge < -0.3 is 15.9 Å². The van der Waals surface area contributed by atoms with E-state index in [-0.39, 0.29) is 12.4 Å². The molecule has 5 N–H and O–H groups in total. The molecular weight excluding hydrogens is 306 g/mol. The number of benzene rings is 2. The maximum Gasteiger partial charge on any atom is 0.174 e. The predicted octanol–water partition coefficient (Wildman–Crippen LogP) is 1.55. The Morgan fingerprint density at radius 1 is 1.12 bits per heavy atom. The molecule has 1 unspecified atom stereocenters. The maximum absolute atomic E-state index is 9.53. The summed E-state index contributed by atoms with van der Waals surface area (Å²) in [5.41, 5.74) is 7.91. The molecule has 24 heavy (non-hydrogen) atoms. The Kier molecular flexibility index (Phi) is 4.48. The fraction of sp³-hybridized carbons (Fsp3) is 0.118. The monoisotopic (exact) mass is 323 g/mol. The first kappa shape index (κ1) is 16.0. The lowest BCUT2D eigenvalue weighted by Gasteiger charge is -2.13. The van der Waals surface area contributed by atoms with E-state index in [1.807, 2.05) is 30.3 Å². The van der Waals surface area contributed by atoms with Crippen molar-refractivity contribution in [3.63, 3.8) is 0 Å². The summed E-state index contributed by atoms with van der Waals surface area (Å²) in [6.45, 7) is -0.315. The van der Waals surface area contributed by atoms with Gasteiger partial charge in [-0.15, -0.1) is 0 Å². The van der Waals surface area contributed by atoms with Crippen LogP contribution in [0, 0.1) is 5.41 Å². The standard InChI is InChI=1S/C17H17N5O2/c18-16-15(20-12-8-6-11(7-9-12)17(19)24)14(10-23)21-22(16)13-4-2-1-3-5-13/h1-9,17-18,23-24H,10,19H2. The molecule has 1 aliphatic rings. The molecule has 0 aliphatic carbocycles. The molecule has 7 heteroatoms. The van der Waals surface area contributed by atoms with Crippen LogP contribution < -0.4 is 10.7 Å². The van der Waals surface area contributed by atoms with Crippen molar-refractivity contribution < 1.29 is 10.2 Å². The Morgan fingerprint density at radius 2 is 1.79 bits per heavy atom. The summed E-state index contributed by atoms with van der Waals surface area (Å²) in [6, 6.07) is 15.9. The van der Waals surface area contributed by atoms with Gasteiger partial charge in [-0.25, -0.2) is 10.0 Å². The van der Waals surface area contributed by atoms with Gasteiger partial charge in [-0.1, -0.05) is 30.3 Å². The number of amidine groups is 1. The Hall–Kier alpha value is -2.87. The second-order valence-corrected chi connectivity index (χ2v) is 5.20. The Morgan fingerprint density at radius 3 is 2.38 bits per heavy atom. The largest absolute Gasteiger partial charge is 0.390 e. The highest BCUT2D eigenvalue weighted by Gasteiger charge is 2.29. The molecule has 1 heterocycles. The first-order valence-corrected chi connectivity index (χ1v) is 7.35. The van der Waals surface area contributed by atoms with Gasteiger partial charge >= 0.3 is 0 Å². The minimum atomic E-state index is -1.04. The van der Waals surface area contributed by atoms with Crippen LogP contribution in [-0.4, -0.2) is 34.1 Å². The lowest BCUT2D eigenvalue weighted by atomic mass is 10.1. The lowest BCUT2D eigenvalue weighted by molar-refractivity contribution is 0.186. The highest BCUT2D eigenvalue weighted by Crippen LogP contribution is 2.22. The van der Waals surface area contributed by atoms with Crippen molar-refractivity contribution in [1.82, 2.24) is 0 Å². The summed E-state index contributed by atoms with van der Waals surface area (Å²) in [6.07, 6.45) is -1.04. The molecule has 2 aromatic carbocycles. The topological polar surface area (TPSA) is 118 Å². The summed E-state index contributed by atoms with van der Waals surface area (Å²) < 4.78 is 0. The summed E-state index contributed by atoms with van der Waals surface area (Å²) in [5.74, 6) is 0.0909. The summed E-state index contributed by atoms with van der Waals surface area (Å²) in [4.78, 5) is 4.40. The van der Waals surface area contributed by atoms with Crippen LogP contribution in [0.15, 0.2) is 64.7 Å². The smallest absolute Gasteiger partial charge is 0.174 e. The highest BCUT2D eigenvalue weighted by atomic mass is 16.3. The summed E-state index contributed by atoms with van der Waals surface area (Å²) >= 11 is 0. The fourth-order valence-electron chi connectivity index (χ4n) is 2.31. The number of nitrogens with one attached hydrogen (secondary N) is 1. The number of para-hydroxylation sites is 1. The Balaban J connectivity index is 1.92. The van der Waals surface area contributed by atoms with Gasteiger partial charge in [0.1, 0.15) is 17.7 Å². The van der Waals surface area contributed by atoms with Gasteiger partial charge in [-0.3, -0.25) is 5.41 Å². The van der Waals surface area contributed by atoms with Crippen LogP contribution in [0.2, 0.25) is 0 Å². The average Bonchev–Trinajstić information content (AvgIpc) is 2.92. The zero-order chi connectivity index (χ0) is 17.1. The predicted molar refractivity (Wildman–Crippen MR) is 93.9 cm³/mol. The number of nitrogens with two attached hydrogens (primary N) is 1. The number of nitrogens with zero attached hydrogens (tertiary/aromatic N) is 3. The fourth-order valence-corrected chi connectivity index (χ4v) is 2.31. The first-order valence-electron chi connectivity index (χ1n) is 7.35. The van der Waals surface area contributed by atoms with Crippen LogP contribution >= 0.6 is 0 Å². The molecule has 1 aliphatic heterocycles. The van der Waals surface area contributed by atoms with E-state index in [1.165, 1.54) is 5.01 Å². The number of hydrazone groups is 1. The zero-order valence-corrected chi connectivity index (χ0v) is 12.8. The summed E-state index contributed by atoms with van der Waals surface area (Å²) in [5, 5.41) is 32.9. The van der Waals surface area contributed by atoms with E-state index in [9.17, 15) is 10.2 Å². The molecular formula is C17H17N5O2. The molecule has 0 aromatic heterocycles. The third kappa shape index (κ3) is 3.09. The molecule has 3 rings (SSSR count).